The summed E-state index contributed by atoms with van der Waals surface area (Å²) in [5.41, 5.74) is -0.0446. The van der Waals surface area contributed by atoms with Crippen molar-refractivity contribution in [2.24, 2.45) is 11.8 Å². The molecule has 3 rings (SSSR count). The molecule has 2 fully saturated rings. The Bertz CT molecular complexity index is 448. The number of hydrogen-bond acceptors (Lipinski definition) is 4. The van der Waals surface area contributed by atoms with Crippen LogP contribution in [-0.2, 0) is 20.9 Å². The number of rotatable bonds is 5. The molecule has 4 heteroatoms. The van der Waals surface area contributed by atoms with Gasteiger partial charge in [-0.15, -0.1) is 0 Å². The van der Waals surface area contributed by atoms with E-state index < -0.39 is 11.5 Å². The molecule has 0 radical (unpaired) electrons. The predicted molar refractivity (Wildman–Crippen MR) is 68.2 cm³/mol. The highest BCUT2D eigenvalue weighted by Crippen LogP contribution is 2.45. The number of aliphatic hydroxyl groups is 1. The molecule has 1 unspecified atom stereocenters. The summed E-state index contributed by atoms with van der Waals surface area (Å²) >= 11 is 0. The molecule has 0 amide bonds. The van der Waals surface area contributed by atoms with Crippen LogP contribution in [0.3, 0.4) is 0 Å². The second-order valence-corrected chi connectivity index (χ2v) is 5.50. The van der Waals surface area contributed by atoms with Crippen molar-refractivity contribution in [3.63, 3.8) is 0 Å². The van der Waals surface area contributed by atoms with Crippen molar-refractivity contribution in [3.05, 3.63) is 35.9 Å². The monoisotopic (exact) mass is 262 g/mol. The summed E-state index contributed by atoms with van der Waals surface area (Å²) < 4.78 is 10.4. The normalized spacial score (nSPS) is 22.4. The van der Waals surface area contributed by atoms with E-state index in [1.54, 1.807) is 0 Å². The van der Waals surface area contributed by atoms with Crippen LogP contribution in [0.4, 0.5) is 0 Å². The van der Waals surface area contributed by atoms with Crippen molar-refractivity contribution in [2.75, 3.05) is 13.2 Å². The lowest BCUT2D eigenvalue weighted by Gasteiger charge is -2.41. The number of carbonyl (C=O) groups excluding carboxylic acids is 1. The Morgan fingerprint density at radius 3 is 2.58 bits per heavy atom. The highest BCUT2D eigenvalue weighted by molar-refractivity contribution is 5.75. The van der Waals surface area contributed by atoms with Crippen molar-refractivity contribution in [3.8, 4) is 0 Å². The van der Waals surface area contributed by atoms with E-state index in [4.69, 9.17) is 9.47 Å². The zero-order valence-electron chi connectivity index (χ0n) is 10.7. The Balaban J connectivity index is 1.61. The Hall–Kier alpha value is -1.39. The van der Waals surface area contributed by atoms with Crippen molar-refractivity contribution >= 4 is 5.97 Å². The third-order valence-corrected chi connectivity index (χ3v) is 3.85. The number of hydrogen-bond donors (Lipinski definition) is 1. The van der Waals surface area contributed by atoms with Crippen LogP contribution in [0.2, 0.25) is 0 Å². The molecule has 1 saturated heterocycles. The average molecular weight is 262 g/mol. The highest BCUT2D eigenvalue weighted by Gasteiger charge is 2.54. The van der Waals surface area contributed by atoms with E-state index in [0.717, 1.165) is 18.4 Å². The summed E-state index contributed by atoms with van der Waals surface area (Å²) in [6.45, 7) is 0.753. The van der Waals surface area contributed by atoms with Gasteiger partial charge in [0.05, 0.1) is 19.1 Å². The topological polar surface area (TPSA) is 55.8 Å². The smallest absolute Gasteiger partial charge is 0.312 e. The van der Waals surface area contributed by atoms with Crippen LogP contribution >= 0.6 is 0 Å². The first kappa shape index (κ1) is 12.6. The fraction of sp³-hybridized carbons (Fsp3) is 0.533. The van der Waals surface area contributed by atoms with Crippen LogP contribution < -0.4 is 0 Å². The Kier molecular flexibility index (Phi) is 3.29. The Morgan fingerprint density at radius 2 is 2.05 bits per heavy atom. The molecule has 4 nitrogen and oxygen atoms in total. The summed E-state index contributed by atoms with van der Waals surface area (Å²) in [4.78, 5) is 12.2. The molecule has 0 bridgehead atoms. The summed E-state index contributed by atoms with van der Waals surface area (Å²) in [6, 6.07) is 9.58. The number of esters is 1. The average Bonchev–Trinajstić information content (AvgIpc) is 3.20. The fourth-order valence-corrected chi connectivity index (χ4v) is 2.59. The SMILES string of the molecule is O=C(OCc1ccccc1)C(C1CC1)C1(O)COC1. The van der Waals surface area contributed by atoms with E-state index in [9.17, 15) is 9.90 Å². The van der Waals surface area contributed by atoms with Crippen molar-refractivity contribution in [1.82, 2.24) is 0 Å². The molecule has 0 aromatic heterocycles. The minimum atomic E-state index is -1.01. The summed E-state index contributed by atoms with van der Waals surface area (Å²) in [5.74, 6) is -0.459. The zero-order valence-corrected chi connectivity index (χ0v) is 10.7. The van der Waals surface area contributed by atoms with Gasteiger partial charge in [0.25, 0.3) is 0 Å². The van der Waals surface area contributed by atoms with Crippen LogP contribution in [0.5, 0.6) is 0 Å². The molecule has 19 heavy (non-hydrogen) atoms. The molecular formula is C15H18O4. The molecule has 0 spiro atoms. The maximum absolute atomic E-state index is 12.2. The summed E-state index contributed by atoms with van der Waals surface area (Å²) in [7, 11) is 0. The van der Waals surface area contributed by atoms with Gasteiger partial charge < -0.3 is 14.6 Å². The highest BCUT2D eigenvalue weighted by atomic mass is 16.6. The van der Waals surface area contributed by atoms with Gasteiger partial charge in [-0.1, -0.05) is 30.3 Å². The lowest BCUT2D eigenvalue weighted by Crippen LogP contribution is -2.58. The molecule has 1 aromatic rings. The largest absolute Gasteiger partial charge is 0.461 e. The second kappa shape index (κ2) is 4.94. The van der Waals surface area contributed by atoms with Crippen molar-refractivity contribution in [1.29, 1.82) is 0 Å². The minimum Gasteiger partial charge on any atom is -0.461 e. The van der Waals surface area contributed by atoms with Crippen molar-refractivity contribution < 1.29 is 19.4 Å². The van der Waals surface area contributed by atoms with Gasteiger partial charge in [-0.05, 0) is 24.3 Å². The van der Waals surface area contributed by atoms with Crippen LogP contribution in [0.1, 0.15) is 18.4 Å². The van der Waals surface area contributed by atoms with Gasteiger partial charge in [-0.2, -0.15) is 0 Å². The lowest BCUT2D eigenvalue weighted by atomic mass is 9.82. The van der Waals surface area contributed by atoms with E-state index in [1.165, 1.54) is 0 Å². The molecule has 1 saturated carbocycles. The van der Waals surface area contributed by atoms with Crippen LogP contribution in [-0.4, -0.2) is 29.9 Å². The van der Waals surface area contributed by atoms with Crippen LogP contribution in [0, 0.1) is 11.8 Å². The first-order chi connectivity index (χ1) is 9.19. The number of carbonyl (C=O) groups is 1. The first-order valence-electron chi connectivity index (χ1n) is 6.70. The van der Waals surface area contributed by atoms with Crippen LogP contribution in [0.15, 0.2) is 30.3 Å². The fourth-order valence-electron chi connectivity index (χ4n) is 2.59. The lowest BCUT2D eigenvalue weighted by molar-refractivity contribution is -0.220. The van der Waals surface area contributed by atoms with Gasteiger partial charge in [-0.3, -0.25) is 4.79 Å². The predicted octanol–water partition coefficient (Wildman–Crippen LogP) is 1.52. The molecule has 1 aromatic carbocycles. The number of ether oxygens (including phenoxy) is 2. The molecule has 102 valence electrons. The molecule has 1 atom stereocenters. The van der Waals surface area contributed by atoms with Crippen LogP contribution in [0.25, 0.3) is 0 Å². The molecule has 1 heterocycles. The van der Waals surface area contributed by atoms with Gasteiger partial charge in [0.2, 0.25) is 0 Å². The minimum absolute atomic E-state index is 0.245. The van der Waals surface area contributed by atoms with E-state index in [1.807, 2.05) is 30.3 Å². The Morgan fingerprint density at radius 1 is 1.37 bits per heavy atom. The molecule has 2 aliphatic rings. The van der Waals surface area contributed by atoms with Gasteiger partial charge in [0.15, 0.2) is 0 Å². The zero-order chi connectivity index (χ0) is 13.3. The van der Waals surface area contributed by atoms with E-state index in [0.29, 0.717) is 0 Å². The third kappa shape index (κ3) is 2.65. The van der Waals surface area contributed by atoms with E-state index in [-0.39, 0.29) is 31.7 Å². The molecular weight excluding hydrogens is 244 g/mol. The Labute approximate surface area is 112 Å². The number of benzene rings is 1. The molecule has 1 aliphatic carbocycles. The van der Waals surface area contributed by atoms with Gasteiger partial charge >= 0.3 is 5.97 Å². The van der Waals surface area contributed by atoms with Crippen molar-refractivity contribution in [2.45, 2.75) is 25.0 Å². The van der Waals surface area contributed by atoms with Gasteiger partial charge in [0, 0.05) is 0 Å². The quantitative estimate of drug-likeness (QED) is 0.817. The third-order valence-electron chi connectivity index (χ3n) is 3.85. The van der Waals surface area contributed by atoms with E-state index in [2.05, 4.69) is 0 Å². The maximum Gasteiger partial charge on any atom is 0.312 e. The van der Waals surface area contributed by atoms with Gasteiger partial charge in [-0.25, -0.2) is 0 Å². The molecule has 1 N–H and O–H groups in total. The summed E-state index contributed by atoms with van der Waals surface area (Å²) in [6.07, 6.45) is 1.99. The molecule has 1 aliphatic heterocycles. The standard InChI is InChI=1S/C15H18O4/c16-14(19-8-11-4-2-1-3-5-11)13(12-6-7-12)15(17)9-18-10-15/h1-5,12-13,17H,6-10H2. The summed E-state index contributed by atoms with van der Waals surface area (Å²) in [5, 5.41) is 10.3. The first-order valence-corrected chi connectivity index (χ1v) is 6.70. The maximum atomic E-state index is 12.2. The second-order valence-electron chi connectivity index (χ2n) is 5.50. The van der Waals surface area contributed by atoms with E-state index >= 15 is 0 Å². The van der Waals surface area contributed by atoms with Gasteiger partial charge in [0.1, 0.15) is 12.2 Å².